The van der Waals surface area contributed by atoms with Gasteiger partial charge in [0, 0.05) is 17.6 Å². The minimum absolute atomic E-state index is 0.136. The topological polar surface area (TPSA) is 79.6 Å². The zero-order valence-corrected chi connectivity index (χ0v) is 17.7. The Morgan fingerprint density at radius 2 is 1.81 bits per heavy atom. The van der Waals surface area contributed by atoms with E-state index in [1.54, 1.807) is 6.08 Å². The first-order valence-electron chi connectivity index (χ1n) is 11.3. The highest BCUT2D eigenvalue weighted by Crippen LogP contribution is 2.57. The third kappa shape index (κ3) is 3.82. The molecular formula is C25H28N2O4. The Morgan fingerprint density at radius 3 is 2.48 bits per heavy atom. The van der Waals surface area contributed by atoms with Crippen molar-refractivity contribution in [2.45, 2.75) is 50.5 Å². The molecule has 0 radical (unpaired) electrons. The molecule has 4 fully saturated rings. The molecule has 1 aromatic carbocycles. The molecule has 162 valence electrons. The van der Waals surface area contributed by atoms with Crippen LogP contribution in [0, 0.1) is 29.1 Å². The van der Waals surface area contributed by atoms with Gasteiger partial charge in [0.05, 0.1) is 18.1 Å². The molecule has 6 rings (SSSR count). The third-order valence-corrected chi connectivity index (χ3v) is 7.55. The molecule has 0 atom stereocenters. The molecular weight excluding hydrogens is 392 g/mol. The summed E-state index contributed by atoms with van der Waals surface area (Å²) in [6, 6.07) is 9.69. The van der Waals surface area contributed by atoms with Crippen LogP contribution in [-0.4, -0.2) is 42.1 Å². The Balaban J connectivity index is 1.27. The van der Waals surface area contributed by atoms with Gasteiger partial charge < -0.3 is 14.4 Å². The number of nitriles is 1. The number of carbonyl (C=O) groups is 2. The van der Waals surface area contributed by atoms with Crippen molar-refractivity contribution in [3.05, 3.63) is 35.4 Å². The Labute approximate surface area is 182 Å². The monoisotopic (exact) mass is 420 g/mol. The fourth-order valence-electron chi connectivity index (χ4n) is 6.72. The van der Waals surface area contributed by atoms with E-state index in [0.717, 1.165) is 30.6 Å². The van der Waals surface area contributed by atoms with Crippen molar-refractivity contribution < 1.29 is 19.1 Å². The molecule has 5 aliphatic rings. The largest absolute Gasteiger partial charge is 0.488 e. The highest BCUT2D eigenvalue weighted by atomic mass is 16.5. The quantitative estimate of drug-likeness (QED) is 0.656. The summed E-state index contributed by atoms with van der Waals surface area (Å²) in [5, 5.41) is 9.15. The van der Waals surface area contributed by atoms with Crippen molar-refractivity contribution in [2.24, 2.45) is 17.8 Å². The number of hydrogen-bond donors (Lipinski definition) is 0. The number of ether oxygens (including phenoxy) is 2. The van der Waals surface area contributed by atoms with Gasteiger partial charge in [0.15, 0.2) is 6.61 Å². The van der Waals surface area contributed by atoms with Crippen LogP contribution in [0.1, 0.15) is 50.5 Å². The number of hydrogen-bond acceptors (Lipinski definition) is 5. The summed E-state index contributed by atoms with van der Waals surface area (Å²) in [6.45, 7) is 0.264. The van der Waals surface area contributed by atoms with Crippen molar-refractivity contribution in [1.29, 1.82) is 5.26 Å². The third-order valence-electron chi connectivity index (χ3n) is 7.55. The van der Waals surface area contributed by atoms with Crippen LogP contribution in [0.4, 0.5) is 0 Å². The standard InChI is InChI=1S/C25H28N2O4/c26-6-3-7-27(25-12-17-8-18(13-25)10-19(9-17)14-25)23(28)16-31-24(29)21-11-20-4-1-2-5-22(20)30-15-21/h1-2,4-5,11,17-19H,3,7-10,12-16H2. The van der Waals surface area contributed by atoms with Gasteiger partial charge in [-0.3, -0.25) is 4.79 Å². The van der Waals surface area contributed by atoms with Gasteiger partial charge in [0.25, 0.3) is 5.91 Å². The minimum Gasteiger partial charge on any atom is -0.488 e. The molecule has 4 aliphatic carbocycles. The molecule has 1 heterocycles. The van der Waals surface area contributed by atoms with Gasteiger partial charge in [-0.1, -0.05) is 18.2 Å². The van der Waals surface area contributed by atoms with E-state index in [1.807, 2.05) is 29.2 Å². The predicted molar refractivity (Wildman–Crippen MR) is 114 cm³/mol. The molecule has 0 saturated heterocycles. The van der Waals surface area contributed by atoms with Crippen molar-refractivity contribution in [1.82, 2.24) is 4.90 Å². The second kappa shape index (κ2) is 8.03. The molecule has 1 amide bonds. The van der Waals surface area contributed by atoms with E-state index in [2.05, 4.69) is 6.07 Å². The second-order valence-corrected chi connectivity index (χ2v) is 9.67. The number of benzene rings is 1. The number of rotatable bonds is 6. The number of para-hydroxylation sites is 1. The summed E-state index contributed by atoms with van der Waals surface area (Å²) >= 11 is 0. The SMILES string of the molecule is N#CCCN(C(=O)COC(=O)C1=Cc2ccccc2OC1)C12CC3CC(CC(C3)C1)C2. The van der Waals surface area contributed by atoms with E-state index in [-0.39, 0.29) is 24.7 Å². The van der Waals surface area contributed by atoms with Gasteiger partial charge in [0.1, 0.15) is 12.4 Å². The Morgan fingerprint density at radius 1 is 1.13 bits per heavy atom. The maximum atomic E-state index is 13.2. The van der Waals surface area contributed by atoms with E-state index >= 15 is 0 Å². The number of esters is 1. The van der Waals surface area contributed by atoms with E-state index < -0.39 is 5.97 Å². The van der Waals surface area contributed by atoms with Gasteiger partial charge in [-0.25, -0.2) is 4.79 Å². The number of nitrogens with zero attached hydrogens (tertiary/aromatic N) is 2. The van der Waals surface area contributed by atoms with E-state index in [4.69, 9.17) is 14.7 Å². The van der Waals surface area contributed by atoms with Crippen LogP contribution >= 0.6 is 0 Å². The fraction of sp³-hybridized carbons (Fsp3) is 0.560. The number of amides is 1. The van der Waals surface area contributed by atoms with Crippen LogP contribution in [0.5, 0.6) is 5.75 Å². The lowest BCUT2D eigenvalue weighted by atomic mass is 9.52. The van der Waals surface area contributed by atoms with E-state index in [9.17, 15) is 9.59 Å². The average Bonchev–Trinajstić information content (AvgIpc) is 2.76. The molecule has 0 spiro atoms. The number of fused-ring (bicyclic) bond motifs is 1. The van der Waals surface area contributed by atoms with Gasteiger partial charge >= 0.3 is 5.97 Å². The maximum Gasteiger partial charge on any atom is 0.338 e. The molecule has 1 aromatic rings. The number of carbonyl (C=O) groups excluding carboxylic acids is 2. The van der Waals surface area contributed by atoms with Crippen LogP contribution in [-0.2, 0) is 14.3 Å². The van der Waals surface area contributed by atoms with Crippen LogP contribution in [0.2, 0.25) is 0 Å². The molecule has 0 unspecified atom stereocenters. The van der Waals surface area contributed by atoms with Crippen LogP contribution in [0.25, 0.3) is 6.08 Å². The minimum atomic E-state index is -0.520. The van der Waals surface area contributed by atoms with Gasteiger partial charge in [-0.05, 0) is 68.4 Å². The molecule has 1 aliphatic heterocycles. The zero-order valence-electron chi connectivity index (χ0n) is 17.7. The van der Waals surface area contributed by atoms with Crippen molar-refractivity contribution in [2.75, 3.05) is 19.8 Å². The van der Waals surface area contributed by atoms with Crippen molar-refractivity contribution in [3.63, 3.8) is 0 Å². The molecule has 31 heavy (non-hydrogen) atoms. The lowest BCUT2D eigenvalue weighted by molar-refractivity contribution is -0.160. The van der Waals surface area contributed by atoms with Crippen molar-refractivity contribution >= 4 is 18.0 Å². The first-order chi connectivity index (χ1) is 15.1. The summed E-state index contributed by atoms with van der Waals surface area (Å²) in [5.41, 5.74) is 1.09. The lowest BCUT2D eigenvalue weighted by Crippen LogP contribution is -2.62. The maximum absolute atomic E-state index is 13.2. The van der Waals surface area contributed by atoms with Crippen LogP contribution < -0.4 is 4.74 Å². The molecule has 0 aromatic heterocycles. The smallest absolute Gasteiger partial charge is 0.338 e. The van der Waals surface area contributed by atoms with Gasteiger partial charge in [0.2, 0.25) is 0 Å². The fourth-order valence-corrected chi connectivity index (χ4v) is 6.72. The summed E-state index contributed by atoms with van der Waals surface area (Å²) in [6.07, 6.45) is 8.99. The highest BCUT2D eigenvalue weighted by molar-refractivity contribution is 5.96. The Kier molecular flexibility index (Phi) is 5.21. The Bertz CT molecular complexity index is 925. The van der Waals surface area contributed by atoms with Crippen molar-refractivity contribution in [3.8, 4) is 11.8 Å². The first-order valence-corrected chi connectivity index (χ1v) is 11.3. The second-order valence-electron chi connectivity index (χ2n) is 9.67. The van der Waals surface area contributed by atoms with Gasteiger partial charge in [-0.2, -0.15) is 5.26 Å². The summed E-state index contributed by atoms with van der Waals surface area (Å²) in [5.74, 6) is 2.11. The van der Waals surface area contributed by atoms with Crippen LogP contribution in [0.3, 0.4) is 0 Å². The van der Waals surface area contributed by atoms with E-state index in [0.29, 0.717) is 36.3 Å². The van der Waals surface area contributed by atoms with E-state index in [1.165, 1.54) is 19.3 Å². The van der Waals surface area contributed by atoms with Crippen LogP contribution in [0.15, 0.2) is 29.8 Å². The normalized spacial score (nSPS) is 29.9. The zero-order chi connectivity index (χ0) is 21.4. The molecule has 0 N–H and O–H groups in total. The summed E-state index contributed by atoms with van der Waals surface area (Å²) < 4.78 is 11.0. The summed E-state index contributed by atoms with van der Waals surface area (Å²) in [7, 11) is 0. The highest BCUT2D eigenvalue weighted by Gasteiger charge is 2.54. The lowest BCUT2D eigenvalue weighted by Gasteiger charge is -2.60. The molecule has 4 bridgehead atoms. The first kappa shape index (κ1) is 20.1. The Hall–Kier alpha value is -2.81. The molecule has 6 nitrogen and oxygen atoms in total. The molecule has 6 heteroatoms. The molecule has 4 saturated carbocycles. The summed E-state index contributed by atoms with van der Waals surface area (Å²) in [4.78, 5) is 27.7. The average molecular weight is 421 g/mol. The predicted octanol–water partition coefficient (Wildman–Crippen LogP) is 3.72. The van der Waals surface area contributed by atoms with Gasteiger partial charge in [-0.15, -0.1) is 0 Å².